The molecular formula is C24H25BrN4O6S. The summed E-state index contributed by atoms with van der Waals surface area (Å²) in [4.78, 5) is 52.5. The quantitative estimate of drug-likeness (QED) is 0.414. The second-order valence-corrected chi connectivity index (χ2v) is 11.6. The summed E-state index contributed by atoms with van der Waals surface area (Å²) in [7, 11) is -3.79. The molecule has 0 saturated carbocycles. The summed E-state index contributed by atoms with van der Waals surface area (Å²) in [5, 5.41) is 2.68. The maximum Gasteiger partial charge on any atom is 0.325 e. The highest BCUT2D eigenvalue weighted by molar-refractivity contribution is 9.10. The minimum Gasteiger partial charge on any atom is -0.338 e. The first-order valence-electron chi connectivity index (χ1n) is 11.2. The molecule has 2 saturated heterocycles. The minimum atomic E-state index is -3.79. The molecule has 12 heteroatoms. The first-order chi connectivity index (χ1) is 16.9. The molecular weight excluding hydrogens is 552 g/mol. The number of carbonyl (C=O) groups is 4. The van der Waals surface area contributed by atoms with Gasteiger partial charge in [0, 0.05) is 41.8 Å². The summed E-state index contributed by atoms with van der Waals surface area (Å²) in [6.07, 6.45) is 0. The molecule has 4 amide bonds. The lowest BCUT2D eigenvalue weighted by molar-refractivity contribution is -0.139. The SMILES string of the molecule is CC(=O)c1ccc(S(=O)(=O)N2CCN(C(=O)CN3C(=O)NC(C)(c4ccccc4Br)C3=O)CC2)cc1. The zero-order chi connectivity index (χ0) is 26.3. The average Bonchev–Trinajstić information content (AvgIpc) is 3.07. The molecule has 4 rings (SSSR count). The second kappa shape index (κ2) is 9.75. The number of ketones is 1. The molecule has 1 unspecified atom stereocenters. The van der Waals surface area contributed by atoms with Gasteiger partial charge in [0.05, 0.1) is 4.90 Å². The van der Waals surface area contributed by atoms with Gasteiger partial charge in [0.15, 0.2) is 5.78 Å². The normalized spacial score (nSPS) is 21.0. The third-order valence-corrected chi connectivity index (χ3v) is 9.08. The van der Waals surface area contributed by atoms with E-state index in [9.17, 15) is 27.6 Å². The highest BCUT2D eigenvalue weighted by atomic mass is 79.9. The number of nitrogens with one attached hydrogen (secondary N) is 1. The number of imide groups is 1. The number of benzene rings is 2. The van der Waals surface area contributed by atoms with Crippen molar-refractivity contribution in [3.05, 3.63) is 64.1 Å². The third-order valence-electron chi connectivity index (χ3n) is 6.47. The second-order valence-electron chi connectivity index (χ2n) is 8.79. The Labute approximate surface area is 217 Å². The summed E-state index contributed by atoms with van der Waals surface area (Å²) in [6, 6.07) is 12.1. The Kier molecular flexibility index (Phi) is 7.04. The van der Waals surface area contributed by atoms with Gasteiger partial charge >= 0.3 is 6.03 Å². The van der Waals surface area contributed by atoms with Crippen LogP contribution in [0.5, 0.6) is 0 Å². The number of piperazine rings is 1. The number of nitrogens with zero attached hydrogens (tertiary/aromatic N) is 3. The zero-order valence-electron chi connectivity index (χ0n) is 19.7. The molecule has 0 bridgehead atoms. The van der Waals surface area contributed by atoms with Gasteiger partial charge < -0.3 is 10.2 Å². The number of Topliss-reactive ketones (excluding diaryl/α,β-unsaturated/α-hetero) is 1. The fourth-order valence-electron chi connectivity index (χ4n) is 4.31. The van der Waals surface area contributed by atoms with Crippen LogP contribution in [0.3, 0.4) is 0 Å². The van der Waals surface area contributed by atoms with E-state index in [1.165, 1.54) is 40.4 Å². The van der Waals surface area contributed by atoms with Gasteiger partial charge in [0.1, 0.15) is 12.1 Å². The number of rotatable bonds is 6. The standard InChI is InChI=1S/C24H25BrN4O6S/c1-16(30)17-7-9-18(10-8-17)36(34,35)28-13-11-27(12-14-28)21(31)15-29-22(32)24(2,26-23(29)33)19-5-3-4-6-20(19)25/h3-10H,11-15H2,1-2H3,(H,26,33). The molecule has 190 valence electrons. The van der Waals surface area contributed by atoms with Crippen LogP contribution in [-0.4, -0.2) is 78.9 Å². The van der Waals surface area contributed by atoms with Gasteiger partial charge in [0.2, 0.25) is 15.9 Å². The number of carbonyl (C=O) groups excluding carboxylic acids is 4. The van der Waals surface area contributed by atoms with Gasteiger partial charge in [-0.3, -0.25) is 19.3 Å². The fraction of sp³-hybridized carbons (Fsp3) is 0.333. The molecule has 10 nitrogen and oxygen atoms in total. The highest BCUT2D eigenvalue weighted by Gasteiger charge is 2.50. The van der Waals surface area contributed by atoms with E-state index in [1.54, 1.807) is 31.2 Å². The molecule has 36 heavy (non-hydrogen) atoms. The van der Waals surface area contributed by atoms with Crippen molar-refractivity contribution >= 4 is 49.6 Å². The molecule has 1 atom stereocenters. The Balaban J connectivity index is 1.40. The number of urea groups is 1. The van der Waals surface area contributed by atoms with Crippen molar-refractivity contribution < 1.29 is 27.6 Å². The van der Waals surface area contributed by atoms with Gasteiger partial charge in [-0.05, 0) is 32.0 Å². The van der Waals surface area contributed by atoms with Crippen molar-refractivity contribution in [2.45, 2.75) is 24.3 Å². The van der Waals surface area contributed by atoms with Crippen LogP contribution in [0, 0.1) is 0 Å². The fourth-order valence-corrected chi connectivity index (χ4v) is 6.42. The number of hydrogen-bond donors (Lipinski definition) is 1. The van der Waals surface area contributed by atoms with Gasteiger partial charge in [0.25, 0.3) is 5.91 Å². The average molecular weight is 577 g/mol. The molecule has 2 fully saturated rings. The highest BCUT2D eigenvalue weighted by Crippen LogP contribution is 2.33. The van der Waals surface area contributed by atoms with E-state index in [2.05, 4.69) is 21.2 Å². The van der Waals surface area contributed by atoms with Crippen molar-refractivity contribution in [1.82, 2.24) is 19.4 Å². The van der Waals surface area contributed by atoms with Crippen LogP contribution in [0.2, 0.25) is 0 Å². The van der Waals surface area contributed by atoms with Gasteiger partial charge in [-0.2, -0.15) is 4.31 Å². The van der Waals surface area contributed by atoms with Crippen molar-refractivity contribution in [3.63, 3.8) is 0 Å². The smallest absolute Gasteiger partial charge is 0.325 e. The van der Waals surface area contributed by atoms with Crippen molar-refractivity contribution in [2.75, 3.05) is 32.7 Å². The van der Waals surface area contributed by atoms with Crippen LogP contribution in [0.1, 0.15) is 29.8 Å². The van der Waals surface area contributed by atoms with Crippen LogP contribution in [-0.2, 0) is 25.2 Å². The number of hydrogen-bond acceptors (Lipinski definition) is 6. The molecule has 2 aliphatic heterocycles. The van der Waals surface area contributed by atoms with Gasteiger partial charge in [-0.15, -0.1) is 0 Å². The Morgan fingerprint density at radius 1 is 1.00 bits per heavy atom. The summed E-state index contributed by atoms with van der Waals surface area (Å²) in [5.74, 6) is -1.14. The van der Waals surface area contributed by atoms with Crippen molar-refractivity contribution in [1.29, 1.82) is 0 Å². The lowest BCUT2D eigenvalue weighted by Gasteiger charge is -2.34. The molecule has 0 spiro atoms. The lowest BCUT2D eigenvalue weighted by Crippen LogP contribution is -2.53. The predicted molar refractivity (Wildman–Crippen MR) is 134 cm³/mol. The number of amides is 4. The van der Waals surface area contributed by atoms with Crippen LogP contribution in [0.25, 0.3) is 0 Å². The molecule has 1 N–H and O–H groups in total. The molecule has 2 heterocycles. The summed E-state index contributed by atoms with van der Waals surface area (Å²) < 4.78 is 27.9. The maximum atomic E-state index is 13.2. The van der Waals surface area contributed by atoms with Crippen molar-refractivity contribution in [2.24, 2.45) is 0 Å². The zero-order valence-corrected chi connectivity index (χ0v) is 22.1. The Morgan fingerprint density at radius 3 is 2.19 bits per heavy atom. The maximum absolute atomic E-state index is 13.2. The Morgan fingerprint density at radius 2 is 1.61 bits per heavy atom. The van der Waals surface area contributed by atoms with E-state index < -0.39 is 40.0 Å². The minimum absolute atomic E-state index is 0.0668. The van der Waals surface area contributed by atoms with E-state index in [4.69, 9.17) is 0 Å². The van der Waals surface area contributed by atoms with E-state index in [1.807, 2.05) is 0 Å². The third kappa shape index (κ3) is 4.67. The summed E-state index contributed by atoms with van der Waals surface area (Å²) in [5.41, 5.74) is -0.323. The van der Waals surface area contributed by atoms with E-state index in [-0.39, 0.29) is 36.9 Å². The summed E-state index contributed by atoms with van der Waals surface area (Å²) in [6.45, 7) is 2.92. The molecule has 2 aliphatic rings. The topological polar surface area (TPSA) is 124 Å². The monoisotopic (exact) mass is 576 g/mol. The molecule has 2 aromatic rings. The largest absolute Gasteiger partial charge is 0.338 e. The lowest BCUT2D eigenvalue weighted by atomic mass is 9.92. The van der Waals surface area contributed by atoms with Gasteiger partial charge in [-0.25, -0.2) is 13.2 Å². The number of halogens is 1. The van der Waals surface area contributed by atoms with E-state index in [0.29, 0.717) is 15.6 Å². The van der Waals surface area contributed by atoms with Crippen LogP contribution >= 0.6 is 15.9 Å². The predicted octanol–water partition coefficient (Wildman–Crippen LogP) is 1.95. The van der Waals surface area contributed by atoms with E-state index in [0.717, 1.165) is 4.90 Å². The molecule has 2 aromatic carbocycles. The molecule has 0 aliphatic carbocycles. The van der Waals surface area contributed by atoms with E-state index >= 15 is 0 Å². The number of sulfonamides is 1. The molecule has 0 radical (unpaired) electrons. The summed E-state index contributed by atoms with van der Waals surface area (Å²) >= 11 is 3.40. The Bertz CT molecular complexity index is 1340. The van der Waals surface area contributed by atoms with Crippen LogP contribution in [0.4, 0.5) is 4.79 Å². The first-order valence-corrected chi connectivity index (χ1v) is 13.5. The first kappa shape index (κ1) is 26.0. The van der Waals surface area contributed by atoms with Gasteiger partial charge in [-0.1, -0.05) is 46.3 Å². The Hall–Kier alpha value is -3.09. The molecule has 0 aromatic heterocycles. The van der Waals surface area contributed by atoms with Crippen molar-refractivity contribution in [3.8, 4) is 0 Å². The van der Waals surface area contributed by atoms with Crippen LogP contribution in [0.15, 0.2) is 57.9 Å². The van der Waals surface area contributed by atoms with Crippen LogP contribution < -0.4 is 5.32 Å².